The molecule has 172 valence electrons. The number of nitrogens with zero attached hydrogens (tertiary/aromatic N) is 2. The van der Waals surface area contributed by atoms with Gasteiger partial charge in [-0.3, -0.25) is 4.79 Å². The molecule has 3 amide bonds. The quantitative estimate of drug-likeness (QED) is 0.655. The molecule has 0 radical (unpaired) electrons. The number of urea groups is 1. The predicted molar refractivity (Wildman–Crippen MR) is 97.0 cm³/mol. The predicted octanol–water partition coefficient (Wildman–Crippen LogP) is 3.91. The molecule has 2 atom stereocenters. The Morgan fingerprint density at radius 1 is 1.26 bits per heavy atom. The first-order valence-electron chi connectivity index (χ1n) is 9.44. The summed E-state index contributed by atoms with van der Waals surface area (Å²) in [5, 5.41) is 4.39. The van der Waals surface area contributed by atoms with Crippen molar-refractivity contribution < 1.29 is 35.9 Å². The minimum atomic E-state index is -4.88. The first-order valence-corrected chi connectivity index (χ1v) is 9.82. The number of carbonyl (C=O) groups is 2. The lowest BCUT2D eigenvalue weighted by molar-refractivity contribution is -0.206. The van der Waals surface area contributed by atoms with Crippen molar-refractivity contribution in [2.75, 3.05) is 13.1 Å². The van der Waals surface area contributed by atoms with E-state index in [9.17, 15) is 35.9 Å². The molecule has 3 rings (SSSR count). The van der Waals surface area contributed by atoms with Gasteiger partial charge in [0.1, 0.15) is 6.04 Å². The summed E-state index contributed by atoms with van der Waals surface area (Å²) >= 11 is 5.59. The number of alkyl halides is 6. The summed E-state index contributed by atoms with van der Waals surface area (Å²) in [5.41, 5.74) is -1.63. The molecular weight excluding hydrogens is 454 g/mol. The van der Waals surface area contributed by atoms with E-state index in [1.807, 2.05) is 0 Å². The number of hydrogen-bond acceptors (Lipinski definition) is 3. The summed E-state index contributed by atoms with van der Waals surface area (Å²) in [7, 11) is 0. The van der Waals surface area contributed by atoms with Gasteiger partial charge in [0.15, 0.2) is 5.69 Å². The van der Waals surface area contributed by atoms with Crippen LogP contribution in [0.3, 0.4) is 0 Å². The van der Waals surface area contributed by atoms with Crippen molar-refractivity contribution in [3.63, 3.8) is 0 Å². The van der Waals surface area contributed by atoms with Crippen LogP contribution in [0.4, 0.5) is 31.1 Å². The van der Waals surface area contributed by atoms with E-state index >= 15 is 0 Å². The Labute approximate surface area is 178 Å². The first-order chi connectivity index (χ1) is 14.3. The van der Waals surface area contributed by atoms with Gasteiger partial charge in [-0.05, 0) is 37.8 Å². The maximum Gasteiger partial charge on any atom is 0.434 e. The molecule has 1 unspecified atom stereocenters. The fourth-order valence-electron chi connectivity index (χ4n) is 3.74. The van der Waals surface area contributed by atoms with Crippen LogP contribution in [0, 0.1) is 11.8 Å². The van der Waals surface area contributed by atoms with Crippen LogP contribution in [0.15, 0.2) is 12.1 Å². The maximum absolute atomic E-state index is 13.2. The number of piperazine rings is 1. The normalized spacial score (nSPS) is 25.5. The highest BCUT2D eigenvalue weighted by Gasteiger charge is 2.51. The zero-order valence-electron chi connectivity index (χ0n) is 16.1. The van der Waals surface area contributed by atoms with Crippen molar-refractivity contribution in [3.8, 4) is 0 Å². The lowest BCUT2D eigenvalue weighted by Gasteiger charge is -2.42. The van der Waals surface area contributed by atoms with Gasteiger partial charge >= 0.3 is 18.4 Å². The molecule has 1 saturated carbocycles. The van der Waals surface area contributed by atoms with Crippen LogP contribution in [0.2, 0.25) is 5.02 Å². The average Bonchev–Trinajstić information content (AvgIpc) is 2.60. The molecule has 0 bridgehead atoms. The van der Waals surface area contributed by atoms with Crippen molar-refractivity contribution in [2.45, 2.75) is 44.2 Å². The van der Waals surface area contributed by atoms with Gasteiger partial charge < -0.3 is 15.5 Å². The van der Waals surface area contributed by atoms with Crippen LogP contribution in [-0.2, 0) is 11.0 Å². The van der Waals surface area contributed by atoms with E-state index < -0.39 is 58.9 Å². The molecule has 2 N–H and O–H groups in total. The summed E-state index contributed by atoms with van der Waals surface area (Å²) in [4.78, 5) is 29.2. The molecule has 0 spiro atoms. The molecule has 2 fully saturated rings. The SMILES string of the molecule is C[C@@H]1C(=O)NCCN1C(=O)NC(c1ccc(Cl)c(C(F)(F)F)n1)C1CC(C(F)(F)F)C1. The van der Waals surface area contributed by atoms with Gasteiger partial charge in [0, 0.05) is 13.1 Å². The molecule has 1 aromatic heterocycles. The monoisotopic (exact) mass is 472 g/mol. The maximum atomic E-state index is 13.2. The molecule has 0 aromatic carbocycles. The lowest BCUT2D eigenvalue weighted by Crippen LogP contribution is -2.59. The Bertz CT molecular complexity index is 856. The van der Waals surface area contributed by atoms with E-state index in [0.29, 0.717) is 0 Å². The van der Waals surface area contributed by atoms with Gasteiger partial charge in [-0.25, -0.2) is 9.78 Å². The number of aromatic nitrogens is 1. The molecule has 1 aliphatic carbocycles. The Hall–Kier alpha value is -2.24. The fourth-order valence-corrected chi connectivity index (χ4v) is 3.95. The number of halogens is 7. The molecule has 31 heavy (non-hydrogen) atoms. The molecular formula is C18H19ClF6N4O2. The summed E-state index contributed by atoms with van der Waals surface area (Å²) in [6.45, 7) is 1.79. The Morgan fingerprint density at radius 2 is 1.90 bits per heavy atom. The molecule has 6 nitrogen and oxygen atoms in total. The third kappa shape index (κ3) is 4.99. The summed E-state index contributed by atoms with van der Waals surface area (Å²) in [6.07, 6.45) is -10.0. The average molecular weight is 473 g/mol. The second-order valence-electron chi connectivity index (χ2n) is 7.62. The molecule has 1 saturated heterocycles. The highest BCUT2D eigenvalue weighted by atomic mass is 35.5. The number of nitrogens with one attached hydrogen (secondary N) is 2. The Morgan fingerprint density at radius 3 is 2.48 bits per heavy atom. The molecule has 1 aromatic rings. The summed E-state index contributed by atoms with van der Waals surface area (Å²) < 4.78 is 78.5. The minimum absolute atomic E-state index is 0.142. The van der Waals surface area contributed by atoms with Gasteiger partial charge in [0.05, 0.1) is 22.7 Å². The highest BCUT2D eigenvalue weighted by Crippen LogP contribution is 2.49. The first kappa shape index (κ1) is 23.4. The van der Waals surface area contributed by atoms with Gasteiger partial charge in [-0.1, -0.05) is 11.6 Å². The van der Waals surface area contributed by atoms with Crippen molar-refractivity contribution in [1.29, 1.82) is 0 Å². The molecule has 2 aliphatic rings. The number of rotatable bonds is 3. The standard InChI is InChI=1S/C18H19ClF6N4O2/c1-8-15(30)26-4-5-29(8)16(31)28-13(9-6-10(7-9)17(20,21)22)12-3-2-11(19)14(27-12)18(23,24)25/h2-3,8-10,13H,4-7H2,1H3,(H,26,30)(H,28,31)/t8-,9?,10?,13?/m1/s1. The third-order valence-electron chi connectivity index (χ3n) is 5.60. The van der Waals surface area contributed by atoms with Gasteiger partial charge in [-0.15, -0.1) is 0 Å². The van der Waals surface area contributed by atoms with Crippen LogP contribution in [0.1, 0.15) is 37.2 Å². The third-order valence-corrected chi connectivity index (χ3v) is 5.91. The van der Waals surface area contributed by atoms with E-state index in [-0.39, 0.29) is 31.6 Å². The summed E-state index contributed by atoms with van der Waals surface area (Å²) in [6, 6.07) is -0.726. The van der Waals surface area contributed by atoms with Crippen molar-refractivity contribution in [1.82, 2.24) is 20.5 Å². The van der Waals surface area contributed by atoms with E-state index in [2.05, 4.69) is 15.6 Å². The van der Waals surface area contributed by atoms with Crippen LogP contribution in [-0.4, -0.2) is 47.1 Å². The number of hydrogen-bond donors (Lipinski definition) is 2. The smallest absolute Gasteiger partial charge is 0.353 e. The zero-order valence-corrected chi connectivity index (χ0v) is 16.9. The fraction of sp³-hybridized carbons (Fsp3) is 0.611. The van der Waals surface area contributed by atoms with E-state index in [1.54, 1.807) is 0 Å². The van der Waals surface area contributed by atoms with Gasteiger partial charge in [-0.2, -0.15) is 26.3 Å². The summed E-state index contributed by atoms with van der Waals surface area (Å²) in [5.74, 6) is -2.80. The zero-order chi connectivity index (χ0) is 23.1. The lowest BCUT2D eigenvalue weighted by atomic mass is 9.70. The van der Waals surface area contributed by atoms with E-state index in [1.165, 1.54) is 11.8 Å². The number of pyridine rings is 1. The van der Waals surface area contributed by atoms with E-state index in [0.717, 1.165) is 12.1 Å². The van der Waals surface area contributed by atoms with Gasteiger partial charge in [0.2, 0.25) is 5.91 Å². The van der Waals surface area contributed by atoms with Crippen LogP contribution < -0.4 is 10.6 Å². The van der Waals surface area contributed by atoms with Crippen molar-refractivity contribution >= 4 is 23.5 Å². The molecule has 1 aliphatic heterocycles. The second kappa shape index (κ2) is 8.36. The van der Waals surface area contributed by atoms with Crippen LogP contribution >= 0.6 is 11.6 Å². The topological polar surface area (TPSA) is 74.3 Å². The van der Waals surface area contributed by atoms with Crippen molar-refractivity contribution in [2.24, 2.45) is 11.8 Å². The number of carbonyl (C=O) groups excluding carboxylic acids is 2. The molecule has 2 heterocycles. The largest absolute Gasteiger partial charge is 0.434 e. The minimum Gasteiger partial charge on any atom is -0.353 e. The molecule has 13 heteroatoms. The Kier molecular flexibility index (Phi) is 6.32. The van der Waals surface area contributed by atoms with Crippen LogP contribution in [0.25, 0.3) is 0 Å². The second-order valence-corrected chi connectivity index (χ2v) is 8.03. The van der Waals surface area contributed by atoms with Crippen molar-refractivity contribution in [3.05, 3.63) is 28.5 Å². The van der Waals surface area contributed by atoms with E-state index in [4.69, 9.17) is 11.6 Å². The van der Waals surface area contributed by atoms with Crippen LogP contribution in [0.5, 0.6) is 0 Å². The van der Waals surface area contributed by atoms with Gasteiger partial charge in [0.25, 0.3) is 0 Å². The Balaban J connectivity index is 1.88. The highest BCUT2D eigenvalue weighted by molar-refractivity contribution is 6.31. The number of amides is 3.